The minimum absolute atomic E-state index is 0.00318. The summed E-state index contributed by atoms with van der Waals surface area (Å²) in [5, 5.41) is 14.8. The number of carbonyl (C=O) groups excluding carboxylic acids is 2. The number of rotatable bonds is 14. The number of carbonyl (C=O) groups is 2. The fourth-order valence-corrected chi connectivity index (χ4v) is 7.98. The second kappa shape index (κ2) is 16.2. The zero-order chi connectivity index (χ0) is 35.1. The van der Waals surface area contributed by atoms with Crippen LogP contribution in [0.5, 0.6) is 5.75 Å². The van der Waals surface area contributed by atoms with E-state index < -0.39 is 0 Å². The van der Waals surface area contributed by atoms with Gasteiger partial charge >= 0.3 is 0 Å². The molecule has 1 atom stereocenters. The number of likely N-dealkylation sites (tertiary alicyclic amines) is 1. The second-order valence-corrected chi connectivity index (χ2v) is 13.8. The highest BCUT2D eigenvalue weighted by molar-refractivity contribution is 5.96. The van der Waals surface area contributed by atoms with E-state index in [1.807, 2.05) is 47.4 Å². The SMILES string of the molecule is COc1ccc2c3c([nH]c2c1)C(CO)N(Cc1ccccc1F)CC31CCN(C(=O)c2ccccc2CCC(=O)NCCCCCCN)CC1. The molecule has 1 unspecified atom stereocenters. The Kier molecular flexibility index (Phi) is 11.5. The fraction of sp³-hybridized carbons (Fsp3) is 0.450. The van der Waals surface area contributed by atoms with Crippen LogP contribution in [0.15, 0.2) is 66.7 Å². The molecule has 1 saturated heterocycles. The topological polar surface area (TPSA) is 124 Å². The Morgan fingerprint density at radius 3 is 2.50 bits per heavy atom. The molecule has 50 heavy (non-hydrogen) atoms. The molecule has 0 aliphatic carbocycles. The van der Waals surface area contributed by atoms with Crippen LogP contribution in [-0.4, -0.2) is 78.1 Å². The monoisotopic (exact) mass is 683 g/mol. The molecule has 0 radical (unpaired) electrons. The first-order chi connectivity index (χ1) is 24.4. The van der Waals surface area contributed by atoms with Gasteiger partial charge in [0, 0.05) is 78.3 Å². The smallest absolute Gasteiger partial charge is 0.254 e. The number of hydrogen-bond acceptors (Lipinski definition) is 6. The number of benzene rings is 3. The normalized spacial score (nSPS) is 17.2. The predicted octanol–water partition coefficient (Wildman–Crippen LogP) is 5.61. The first-order valence-corrected chi connectivity index (χ1v) is 18.0. The molecule has 1 fully saturated rings. The van der Waals surface area contributed by atoms with Gasteiger partial charge < -0.3 is 30.8 Å². The Labute approximate surface area is 294 Å². The number of aromatic nitrogens is 1. The van der Waals surface area contributed by atoms with Crippen LogP contribution < -0.4 is 15.8 Å². The number of aliphatic hydroxyl groups is 1. The van der Waals surface area contributed by atoms with Gasteiger partial charge in [-0.2, -0.15) is 0 Å². The van der Waals surface area contributed by atoms with Gasteiger partial charge in [-0.1, -0.05) is 49.2 Å². The molecule has 10 heteroatoms. The van der Waals surface area contributed by atoms with Gasteiger partial charge in [0.15, 0.2) is 0 Å². The van der Waals surface area contributed by atoms with Gasteiger partial charge in [-0.15, -0.1) is 0 Å². The van der Waals surface area contributed by atoms with Crippen molar-refractivity contribution < 1.29 is 23.8 Å². The Hall–Kier alpha value is -4.25. The Balaban J connectivity index is 1.20. The molecule has 0 bridgehead atoms. The van der Waals surface area contributed by atoms with Crippen molar-refractivity contribution in [2.45, 2.75) is 69.4 Å². The van der Waals surface area contributed by atoms with Crippen LogP contribution in [0.25, 0.3) is 10.9 Å². The number of hydrogen-bond donors (Lipinski definition) is 4. The Morgan fingerprint density at radius 1 is 1.02 bits per heavy atom. The van der Waals surface area contributed by atoms with Gasteiger partial charge in [0.25, 0.3) is 5.91 Å². The summed E-state index contributed by atoms with van der Waals surface area (Å²) < 4.78 is 20.4. The number of H-pyrrole nitrogens is 1. The lowest BCUT2D eigenvalue weighted by Crippen LogP contribution is -2.54. The zero-order valence-corrected chi connectivity index (χ0v) is 29.1. The van der Waals surface area contributed by atoms with Crippen molar-refractivity contribution >= 4 is 22.7 Å². The molecule has 1 aromatic heterocycles. The van der Waals surface area contributed by atoms with Crippen molar-refractivity contribution in [2.24, 2.45) is 5.73 Å². The van der Waals surface area contributed by atoms with Crippen LogP contribution in [0.4, 0.5) is 4.39 Å². The van der Waals surface area contributed by atoms with E-state index in [9.17, 15) is 19.1 Å². The van der Waals surface area contributed by atoms with Gasteiger partial charge in [0.1, 0.15) is 11.6 Å². The molecule has 2 aliphatic rings. The van der Waals surface area contributed by atoms with Crippen molar-refractivity contribution in [1.82, 2.24) is 20.1 Å². The van der Waals surface area contributed by atoms with Crippen LogP contribution in [-0.2, 0) is 23.2 Å². The van der Waals surface area contributed by atoms with Crippen LogP contribution in [0, 0.1) is 5.82 Å². The molecule has 4 aromatic rings. The highest BCUT2D eigenvalue weighted by atomic mass is 19.1. The molecule has 0 saturated carbocycles. The minimum atomic E-state index is -0.339. The number of amides is 2. The molecular formula is C40H50FN5O4. The van der Waals surface area contributed by atoms with E-state index in [1.165, 1.54) is 11.6 Å². The molecule has 9 nitrogen and oxygen atoms in total. The van der Waals surface area contributed by atoms with Crippen molar-refractivity contribution in [2.75, 3.05) is 46.4 Å². The van der Waals surface area contributed by atoms with Crippen molar-refractivity contribution in [3.05, 3.63) is 100 Å². The number of unbranched alkanes of at least 4 members (excludes halogenated alkanes) is 3. The summed E-state index contributed by atoms with van der Waals surface area (Å²) in [5.74, 6) is 0.451. The number of fused-ring (bicyclic) bond motifs is 4. The average molecular weight is 684 g/mol. The number of aliphatic hydroxyl groups excluding tert-OH is 1. The van der Waals surface area contributed by atoms with Gasteiger partial charge in [0.2, 0.25) is 5.91 Å². The molecule has 3 aromatic carbocycles. The third-order valence-corrected chi connectivity index (χ3v) is 10.7. The molecule has 6 rings (SSSR count). The van der Waals surface area contributed by atoms with Crippen molar-refractivity contribution in [3.8, 4) is 5.75 Å². The third-order valence-electron chi connectivity index (χ3n) is 10.7. The Morgan fingerprint density at radius 2 is 1.76 bits per heavy atom. The molecule has 5 N–H and O–H groups in total. The summed E-state index contributed by atoms with van der Waals surface area (Å²) in [6.45, 7) is 3.33. The van der Waals surface area contributed by atoms with Gasteiger partial charge in [-0.25, -0.2) is 4.39 Å². The number of aromatic amines is 1. The number of methoxy groups -OCH3 is 1. The number of ether oxygens (including phenoxy) is 1. The van der Waals surface area contributed by atoms with Gasteiger partial charge in [-0.05, 0) is 74.0 Å². The molecule has 1 spiro atoms. The number of piperidine rings is 1. The molecule has 266 valence electrons. The lowest BCUT2D eigenvalue weighted by molar-refractivity contribution is -0.121. The van der Waals surface area contributed by atoms with Crippen LogP contribution in [0.3, 0.4) is 0 Å². The number of aryl methyl sites for hydroxylation is 1. The first kappa shape index (κ1) is 35.6. The van der Waals surface area contributed by atoms with E-state index in [-0.39, 0.29) is 35.7 Å². The van der Waals surface area contributed by atoms with E-state index in [0.717, 1.165) is 53.6 Å². The highest BCUT2D eigenvalue weighted by Gasteiger charge is 2.48. The van der Waals surface area contributed by atoms with Crippen LogP contribution in [0.1, 0.15) is 83.7 Å². The number of nitrogens with zero attached hydrogens (tertiary/aromatic N) is 2. The summed E-state index contributed by atoms with van der Waals surface area (Å²) >= 11 is 0. The third kappa shape index (κ3) is 7.57. The summed E-state index contributed by atoms with van der Waals surface area (Å²) in [4.78, 5) is 34.4. The maximum atomic E-state index is 14.9. The lowest BCUT2D eigenvalue weighted by atomic mass is 9.68. The minimum Gasteiger partial charge on any atom is -0.497 e. The van der Waals surface area contributed by atoms with Crippen molar-refractivity contribution in [1.29, 1.82) is 0 Å². The zero-order valence-electron chi connectivity index (χ0n) is 29.1. The Bertz CT molecular complexity index is 1780. The van der Waals surface area contributed by atoms with Crippen LogP contribution >= 0.6 is 0 Å². The number of nitrogens with one attached hydrogen (secondary N) is 2. The van der Waals surface area contributed by atoms with E-state index in [2.05, 4.69) is 21.3 Å². The average Bonchev–Trinajstić information content (AvgIpc) is 3.53. The summed E-state index contributed by atoms with van der Waals surface area (Å²) in [6, 6.07) is 20.1. The number of halogens is 1. The van der Waals surface area contributed by atoms with E-state index in [4.69, 9.17) is 10.5 Å². The standard InChI is InChI=1S/C40H50FN5O4/c1-50-30-15-16-32-34(24-30)44-38-35(26-47)46(25-29-11-5-7-13-33(29)41)27-40(37(32)38)18-22-45(23-19-40)39(49)31-12-6-4-10-28(31)14-17-36(48)43-21-9-3-2-8-20-42/h4-7,10-13,15-16,24,35,44,47H,2-3,8-9,14,17-23,25-27,42H2,1H3,(H,43,48). The molecule has 3 heterocycles. The maximum Gasteiger partial charge on any atom is 0.254 e. The molecular weight excluding hydrogens is 633 g/mol. The lowest BCUT2D eigenvalue weighted by Gasteiger charge is -2.50. The van der Waals surface area contributed by atoms with Gasteiger partial charge in [0.05, 0.1) is 19.8 Å². The quantitative estimate of drug-likeness (QED) is 0.128. The first-order valence-electron chi connectivity index (χ1n) is 18.0. The highest BCUT2D eigenvalue weighted by Crippen LogP contribution is 2.49. The molecule has 2 amide bonds. The van der Waals surface area contributed by atoms with E-state index >= 15 is 0 Å². The summed E-state index contributed by atoms with van der Waals surface area (Å²) in [7, 11) is 1.64. The summed E-state index contributed by atoms with van der Waals surface area (Å²) in [6.07, 6.45) is 6.32. The molecule has 2 aliphatic heterocycles. The van der Waals surface area contributed by atoms with Gasteiger partial charge in [-0.3, -0.25) is 14.5 Å². The van der Waals surface area contributed by atoms with E-state index in [1.54, 1.807) is 19.2 Å². The number of nitrogens with two attached hydrogens (primary N) is 1. The summed E-state index contributed by atoms with van der Waals surface area (Å²) in [5.41, 5.74) is 10.4. The fourth-order valence-electron chi connectivity index (χ4n) is 7.98. The van der Waals surface area contributed by atoms with Crippen LogP contribution in [0.2, 0.25) is 0 Å². The largest absolute Gasteiger partial charge is 0.497 e. The maximum absolute atomic E-state index is 14.9. The van der Waals surface area contributed by atoms with Crippen molar-refractivity contribution in [3.63, 3.8) is 0 Å². The second-order valence-electron chi connectivity index (χ2n) is 13.8. The predicted molar refractivity (Wildman–Crippen MR) is 194 cm³/mol. The van der Waals surface area contributed by atoms with E-state index in [0.29, 0.717) is 76.1 Å².